The van der Waals surface area contributed by atoms with Gasteiger partial charge in [0.15, 0.2) is 5.60 Å². The number of carbonyl (C=O) groups is 2. The first-order chi connectivity index (χ1) is 11.8. The van der Waals surface area contributed by atoms with Crippen molar-refractivity contribution in [2.45, 2.75) is 45.0 Å². The van der Waals surface area contributed by atoms with Crippen LogP contribution in [0.25, 0.3) is 0 Å². The molecular formula is C18H26N2O5. The highest BCUT2D eigenvalue weighted by atomic mass is 16.6. The minimum Gasteiger partial charge on any atom is -0.444 e. The molecule has 0 radical (unpaired) electrons. The van der Waals surface area contributed by atoms with Crippen LogP contribution in [-0.2, 0) is 20.8 Å². The number of hydrogen-bond acceptors (Lipinski definition) is 5. The quantitative estimate of drug-likeness (QED) is 0.738. The Hall–Kier alpha value is -2.28. The second-order valence-electron chi connectivity index (χ2n) is 7.07. The summed E-state index contributed by atoms with van der Waals surface area (Å²) in [5.41, 5.74) is -0.337. The zero-order valence-electron chi connectivity index (χ0n) is 15.0. The molecular weight excluding hydrogens is 324 g/mol. The van der Waals surface area contributed by atoms with E-state index < -0.39 is 23.4 Å². The molecule has 7 heteroatoms. The largest absolute Gasteiger partial charge is 0.444 e. The van der Waals surface area contributed by atoms with Crippen LogP contribution in [0.4, 0.5) is 9.59 Å². The van der Waals surface area contributed by atoms with Crippen molar-refractivity contribution in [1.82, 2.24) is 10.6 Å². The monoisotopic (exact) mass is 350 g/mol. The number of benzene rings is 1. The van der Waals surface area contributed by atoms with Crippen molar-refractivity contribution in [3.05, 3.63) is 35.9 Å². The number of alkyl carbamates (subject to hydrolysis) is 2. The summed E-state index contributed by atoms with van der Waals surface area (Å²) in [4.78, 5) is 23.3. The summed E-state index contributed by atoms with van der Waals surface area (Å²) in [7, 11) is 0. The van der Waals surface area contributed by atoms with Gasteiger partial charge in [0.2, 0.25) is 0 Å². The van der Waals surface area contributed by atoms with Crippen molar-refractivity contribution in [3.63, 3.8) is 0 Å². The van der Waals surface area contributed by atoms with E-state index in [-0.39, 0.29) is 6.54 Å². The molecule has 25 heavy (non-hydrogen) atoms. The van der Waals surface area contributed by atoms with Crippen molar-refractivity contribution in [3.8, 4) is 0 Å². The number of cyclic esters (lactones) is 1. The van der Waals surface area contributed by atoms with E-state index in [9.17, 15) is 9.59 Å². The van der Waals surface area contributed by atoms with Crippen LogP contribution in [0.15, 0.2) is 30.3 Å². The molecule has 2 rings (SSSR count). The topological polar surface area (TPSA) is 85.9 Å². The van der Waals surface area contributed by atoms with Crippen molar-refractivity contribution in [2.24, 2.45) is 0 Å². The Morgan fingerprint density at radius 3 is 2.64 bits per heavy atom. The van der Waals surface area contributed by atoms with Crippen LogP contribution >= 0.6 is 0 Å². The second-order valence-corrected chi connectivity index (χ2v) is 7.07. The lowest BCUT2D eigenvalue weighted by atomic mass is 10.0. The van der Waals surface area contributed by atoms with Gasteiger partial charge in [-0.2, -0.15) is 0 Å². The predicted octanol–water partition coefficient (Wildman–Crippen LogP) is 2.60. The SMILES string of the molecule is CC(C)(C)OC(=O)NCC1(CCOCc2ccccc2)CNC(=O)O1. The molecule has 0 spiro atoms. The van der Waals surface area contributed by atoms with Crippen molar-refractivity contribution >= 4 is 12.2 Å². The molecule has 1 saturated heterocycles. The number of ether oxygens (including phenoxy) is 3. The van der Waals surface area contributed by atoms with Crippen LogP contribution in [0, 0.1) is 0 Å². The van der Waals surface area contributed by atoms with Gasteiger partial charge >= 0.3 is 12.2 Å². The van der Waals surface area contributed by atoms with Gasteiger partial charge in [0.05, 0.1) is 26.3 Å². The Morgan fingerprint density at radius 1 is 1.32 bits per heavy atom. The fourth-order valence-electron chi connectivity index (χ4n) is 2.40. The molecule has 0 aliphatic carbocycles. The smallest absolute Gasteiger partial charge is 0.407 e. The third kappa shape index (κ3) is 6.62. The van der Waals surface area contributed by atoms with Crippen LogP contribution in [0.2, 0.25) is 0 Å². The normalized spacial score (nSPS) is 19.9. The first kappa shape index (κ1) is 19.1. The standard InChI is InChI=1S/C18H26N2O5/c1-17(2,3)24-15(21)19-12-18(13-20-16(22)25-18)9-10-23-11-14-7-5-4-6-8-14/h4-8H,9-13H2,1-3H3,(H,19,21)(H,20,22). The third-order valence-corrected chi connectivity index (χ3v) is 3.63. The van der Waals surface area contributed by atoms with Gasteiger partial charge in [-0.15, -0.1) is 0 Å². The van der Waals surface area contributed by atoms with E-state index >= 15 is 0 Å². The van der Waals surface area contributed by atoms with Gasteiger partial charge < -0.3 is 24.8 Å². The van der Waals surface area contributed by atoms with E-state index in [1.165, 1.54) is 0 Å². The van der Waals surface area contributed by atoms with Gasteiger partial charge in [0, 0.05) is 6.42 Å². The van der Waals surface area contributed by atoms with Gasteiger partial charge in [-0.25, -0.2) is 9.59 Å². The molecule has 1 aromatic carbocycles. The maximum Gasteiger partial charge on any atom is 0.407 e. The zero-order chi connectivity index (χ0) is 18.3. The van der Waals surface area contributed by atoms with Crippen LogP contribution < -0.4 is 10.6 Å². The number of rotatable bonds is 7. The Morgan fingerprint density at radius 2 is 2.04 bits per heavy atom. The summed E-state index contributed by atoms with van der Waals surface area (Å²) in [5, 5.41) is 5.30. The lowest BCUT2D eigenvalue weighted by molar-refractivity contribution is 0.00859. The Labute approximate surface area is 148 Å². The van der Waals surface area contributed by atoms with Crippen LogP contribution in [0.3, 0.4) is 0 Å². The number of hydrogen-bond donors (Lipinski definition) is 2. The molecule has 0 bridgehead atoms. The number of nitrogens with one attached hydrogen (secondary N) is 2. The van der Waals surface area contributed by atoms with E-state index in [0.29, 0.717) is 26.2 Å². The third-order valence-electron chi connectivity index (χ3n) is 3.63. The average molecular weight is 350 g/mol. The molecule has 7 nitrogen and oxygen atoms in total. The summed E-state index contributed by atoms with van der Waals surface area (Å²) in [6, 6.07) is 9.82. The van der Waals surface area contributed by atoms with Gasteiger partial charge in [0.25, 0.3) is 0 Å². The van der Waals surface area contributed by atoms with Crippen LogP contribution in [-0.4, -0.2) is 43.1 Å². The molecule has 2 N–H and O–H groups in total. The average Bonchev–Trinajstić information content (AvgIpc) is 2.91. The van der Waals surface area contributed by atoms with Crippen LogP contribution in [0.5, 0.6) is 0 Å². The number of carbonyl (C=O) groups excluding carboxylic acids is 2. The molecule has 1 aromatic rings. The first-order valence-electron chi connectivity index (χ1n) is 8.33. The predicted molar refractivity (Wildman–Crippen MR) is 92.2 cm³/mol. The highest BCUT2D eigenvalue weighted by Gasteiger charge is 2.40. The van der Waals surface area contributed by atoms with E-state index in [4.69, 9.17) is 14.2 Å². The highest BCUT2D eigenvalue weighted by molar-refractivity contribution is 5.71. The molecule has 0 aromatic heterocycles. The molecule has 0 saturated carbocycles. The maximum atomic E-state index is 11.8. The molecule has 2 amide bonds. The molecule has 1 unspecified atom stereocenters. The first-order valence-corrected chi connectivity index (χ1v) is 8.33. The zero-order valence-corrected chi connectivity index (χ0v) is 15.0. The van der Waals surface area contributed by atoms with Gasteiger partial charge in [-0.05, 0) is 26.3 Å². The Kier molecular flexibility index (Phi) is 6.25. The maximum absolute atomic E-state index is 11.8. The van der Waals surface area contributed by atoms with Crippen molar-refractivity contribution in [1.29, 1.82) is 0 Å². The highest BCUT2D eigenvalue weighted by Crippen LogP contribution is 2.21. The Balaban J connectivity index is 1.81. The van der Waals surface area contributed by atoms with Gasteiger partial charge in [0.1, 0.15) is 5.60 Å². The van der Waals surface area contributed by atoms with Crippen molar-refractivity contribution in [2.75, 3.05) is 19.7 Å². The van der Waals surface area contributed by atoms with E-state index in [0.717, 1.165) is 5.56 Å². The second kappa shape index (κ2) is 8.20. The van der Waals surface area contributed by atoms with E-state index in [1.807, 2.05) is 30.3 Å². The van der Waals surface area contributed by atoms with Crippen molar-refractivity contribution < 1.29 is 23.8 Å². The minimum atomic E-state index is -0.829. The molecule has 1 atom stereocenters. The summed E-state index contributed by atoms with van der Waals surface area (Å²) in [5.74, 6) is 0. The Bertz CT molecular complexity index is 585. The lowest BCUT2D eigenvalue weighted by Crippen LogP contribution is -2.47. The molecule has 1 aliphatic rings. The summed E-state index contributed by atoms with van der Waals surface area (Å²) < 4.78 is 16.3. The van der Waals surface area contributed by atoms with Gasteiger partial charge in [-0.1, -0.05) is 30.3 Å². The summed E-state index contributed by atoms with van der Waals surface area (Å²) in [6.45, 7) is 6.73. The van der Waals surface area contributed by atoms with Gasteiger partial charge in [-0.3, -0.25) is 0 Å². The molecule has 1 heterocycles. The van der Waals surface area contributed by atoms with E-state index in [2.05, 4.69) is 10.6 Å². The molecule has 138 valence electrons. The summed E-state index contributed by atoms with van der Waals surface area (Å²) in [6.07, 6.45) is -0.567. The minimum absolute atomic E-state index is 0.162. The van der Waals surface area contributed by atoms with Crippen LogP contribution in [0.1, 0.15) is 32.8 Å². The number of amides is 2. The fourth-order valence-corrected chi connectivity index (χ4v) is 2.40. The molecule has 1 fully saturated rings. The molecule has 1 aliphatic heterocycles. The summed E-state index contributed by atoms with van der Waals surface area (Å²) >= 11 is 0. The lowest BCUT2D eigenvalue weighted by Gasteiger charge is -2.27. The van der Waals surface area contributed by atoms with E-state index in [1.54, 1.807) is 20.8 Å². The fraction of sp³-hybridized carbons (Fsp3) is 0.556.